The lowest BCUT2D eigenvalue weighted by Gasteiger charge is -2.05. The van der Waals surface area contributed by atoms with Crippen LogP contribution in [-0.4, -0.2) is 11.7 Å². The van der Waals surface area contributed by atoms with Gasteiger partial charge in [-0.05, 0) is 18.2 Å². The molecule has 104 valence electrons. The molecule has 0 aliphatic rings. The zero-order valence-corrected chi connectivity index (χ0v) is 11.4. The van der Waals surface area contributed by atoms with Crippen LogP contribution >= 0.6 is 0 Å². The summed E-state index contributed by atoms with van der Waals surface area (Å²) in [7, 11) is 0. The number of carbonyl (C=O) groups is 2. The number of Topliss-reactive ketones (excluding diaryl/α,β-unsaturated/α-hetero) is 1. The molecule has 2 aromatic carbocycles. The molecule has 0 atom stereocenters. The van der Waals surface area contributed by atoms with Crippen LogP contribution in [0.4, 0.5) is 5.69 Å². The molecule has 1 amide bonds. The first-order valence-corrected chi connectivity index (χ1v) is 6.57. The van der Waals surface area contributed by atoms with Crippen LogP contribution in [0.25, 0.3) is 0 Å². The molecule has 0 radical (unpaired) electrons. The molecule has 0 aliphatic carbocycles. The van der Waals surface area contributed by atoms with E-state index in [1.54, 1.807) is 48.5 Å². The summed E-state index contributed by atoms with van der Waals surface area (Å²) in [6.07, 6.45) is 0.276. The molecule has 0 saturated carbocycles. The molecule has 0 bridgehead atoms. The van der Waals surface area contributed by atoms with Gasteiger partial charge in [-0.2, -0.15) is 5.26 Å². The van der Waals surface area contributed by atoms with Gasteiger partial charge in [0.25, 0.3) is 0 Å². The number of nitriles is 1. The van der Waals surface area contributed by atoms with Crippen LogP contribution < -0.4 is 5.32 Å². The molecule has 0 saturated heterocycles. The number of benzene rings is 2. The number of amides is 1. The van der Waals surface area contributed by atoms with Gasteiger partial charge in [0.15, 0.2) is 5.78 Å². The zero-order chi connectivity index (χ0) is 15.1. The van der Waals surface area contributed by atoms with Crippen LogP contribution in [0.5, 0.6) is 0 Å². The standard InChI is InChI=1S/C17H14N2O2/c18-12-13-5-4-8-15(11-13)19-17(21)10-9-16(20)14-6-2-1-3-7-14/h1-8,11H,9-10H2,(H,19,21). The van der Waals surface area contributed by atoms with E-state index in [0.717, 1.165) is 0 Å². The van der Waals surface area contributed by atoms with Crippen molar-refractivity contribution < 1.29 is 9.59 Å². The Morgan fingerprint density at radius 3 is 2.48 bits per heavy atom. The smallest absolute Gasteiger partial charge is 0.224 e. The predicted octanol–water partition coefficient (Wildman–Crippen LogP) is 3.16. The molecule has 21 heavy (non-hydrogen) atoms. The zero-order valence-electron chi connectivity index (χ0n) is 11.4. The third kappa shape index (κ3) is 4.29. The third-order valence-electron chi connectivity index (χ3n) is 2.95. The molecule has 2 aromatic rings. The summed E-state index contributed by atoms with van der Waals surface area (Å²) in [5.41, 5.74) is 1.65. The van der Waals surface area contributed by atoms with Gasteiger partial charge in [0.2, 0.25) is 5.91 Å². The maximum Gasteiger partial charge on any atom is 0.224 e. The van der Waals surface area contributed by atoms with E-state index in [-0.39, 0.29) is 24.5 Å². The predicted molar refractivity (Wildman–Crippen MR) is 79.8 cm³/mol. The number of hydrogen-bond acceptors (Lipinski definition) is 3. The van der Waals surface area contributed by atoms with E-state index >= 15 is 0 Å². The molecule has 1 N–H and O–H groups in total. The molecular formula is C17H14N2O2. The molecule has 0 spiro atoms. The van der Waals surface area contributed by atoms with E-state index < -0.39 is 0 Å². The Kier molecular flexibility index (Phi) is 4.84. The van der Waals surface area contributed by atoms with Crippen LogP contribution in [0.1, 0.15) is 28.8 Å². The lowest BCUT2D eigenvalue weighted by molar-refractivity contribution is -0.116. The molecule has 0 aliphatic heterocycles. The van der Waals surface area contributed by atoms with Crippen LogP contribution in [0.15, 0.2) is 54.6 Å². The van der Waals surface area contributed by atoms with Crippen LogP contribution in [0, 0.1) is 11.3 Å². The van der Waals surface area contributed by atoms with Gasteiger partial charge in [-0.3, -0.25) is 9.59 Å². The Morgan fingerprint density at radius 2 is 1.76 bits per heavy atom. The van der Waals surface area contributed by atoms with E-state index in [0.29, 0.717) is 16.8 Å². The van der Waals surface area contributed by atoms with Crippen molar-refractivity contribution in [2.45, 2.75) is 12.8 Å². The Balaban J connectivity index is 1.88. The second-order valence-corrected chi connectivity index (χ2v) is 4.53. The van der Waals surface area contributed by atoms with Crippen molar-refractivity contribution in [3.05, 3.63) is 65.7 Å². The molecule has 4 nitrogen and oxygen atoms in total. The van der Waals surface area contributed by atoms with Crippen molar-refractivity contribution in [1.82, 2.24) is 0 Å². The number of carbonyl (C=O) groups excluding carboxylic acids is 2. The summed E-state index contributed by atoms with van der Waals surface area (Å²) in [6.45, 7) is 0. The van der Waals surface area contributed by atoms with E-state index in [4.69, 9.17) is 5.26 Å². The van der Waals surface area contributed by atoms with Gasteiger partial charge in [-0.25, -0.2) is 0 Å². The SMILES string of the molecule is N#Cc1cccc(NC(=O)CCC(=O)c2ccccc2)c1. The minimum atomic E-state index is -0.241. The fraction of sp³-hybridized carbons (Fsp3) is 0.118. The maximum absolute atomic E-state index is 11.9. The first-order chi connectivity index (χ1) is 10.2. The van der Waals surface area contributed by atoms with Gasteiger partial charge < -0.3 is 5.32 Å². The Morgan fingerprint density at radius 1 is 1.00 bits per heavy atom. The lowest BCUT2D eigenvalue weighted by Crippen LogP contribution is -2.13. The monoisotopic (exact) mass is 278 g/mol. The Hall–Kier alpha value is -2.93. The number of nitrogens with zero attached hydrogens (tertiary/aromatic N) is 1. The number of anilines is 1. The van der Waals surface area contributed by atoms with Gasteiger partial charge >= 0.3 is 0 Å². The van der Waals surface area contributed by atoms with Crippen molar-refractivity contribution in [2.75, 3.05) is 5.32 Å². The summed E-state index contributed by atoms with van der Waals surface area (Å²) in [4.78, 5) is 23.7. The fourth-order valence-electron chi connectivity index (χ4n) is 1.89. The minimum absolute atomic E-state index is 0.0588. The molecule has 4 heteroatoms. The molecule has 0 fully saturated rings. The van der Waals surface area contributed by atoms with E-state index in [1.807, 2.05) is 12.1 Å². The van der Waals surface area contributed by atoms with Crippen LogP contribution in [0.3, 0.4) is 0 Å². The molecule has 2 rings (SSSR count). The van der Waals surface area contributed by atoms with Gasteiger partial charge in [0.1, 0.15) is 0 Å². The average molecular weight is 278 g/mol. The third-order valence-corrected chi connectivity index (χ3v) is 2.95. The van der Waals surface area contributed by atoms with Gasteiger partial charge in [-0.1, -0.05) is 36.4 Å². The van der Waals surface area contributed by atoms with Gasteiger partial charge in [0.05, 0.1) is 11.6 Å². The molecule has 0 heterocycles. The number of nitrogens with one attached hydrogen (secondary N) is 1. The quantitative estimate of drug-likeness (QED) is 0.854. The lowest BCUT2D eigenvalue weighted by atomic mass is 10.1. The Labute approximate surface area is 123 Å². The second-order valence-electron chi connectivity index (χ2n) is 4.53. The summed E-state index contributed by atoms with van der Waals surface area (Å²) in [5.74, 6) is -0.300. The maximum atomic E-state index is 11.9. The number of rotatable bonds is 5. The van der Waals surface area contributed by atoms with Crippen LogP contribution in [0.2, 0.25) is 0 Å². The summed E-state index contributed by atoms with van der Waals surface area (Å²) >= 11 is 0. The minimum Gasteiger partial charge on any atom is -0.326 e. The largest absolute Gasteiger partial charge is 0.326 e. The molecule has 0 unspecified atom stereocenters. The van der Waals surface area contributed by atoms with Crippen molar-refractivity contribution in [2.24, 2.45) is 0 Å². The highest BCUT2D eigenvalue weighted by Gasteiger charge is 2.09. The first-order valence-electron chi connectivity index (χ1n) is 6.57. The fourth-order valence-corrected chi connectivity index (χ4v) is 1.89. The second kappa shape index (κ2) is 7.01. The van der Waals surface area contributed by atoms with E-state index in [2.05, 4.69) is 5.32 Å². The van der Waals surface area contributed by atoms with Crippen molar-refractivity contribution in [1.29, 1.82) is 5.26 Å². The van der Waals surface area contributed by atoms with E-state index in [9.17, 15) is 9.59 Å². The normalized spacial score (nSPS) is 9.67. The highest BCUT2D eigenvalue weighted by molar-refractivity contribution is 5.99. The highest BCUT2D eigenvalue weighted by atomic mass is 16.2. The average Bonchev–Trinajstić information content (AvgIpc) is 2.53. The highest BCUT2D eigenvalue weighted by Crippen LogP contribution is 2.11. The Bertz CT molecular complexity index is 687. The van der Waals surface area contributed by atoms with Crippen molar-refractivity contribution in [3.63, 3.8) is 0 Å². The summed E-state index contributed by atoms with van der Waals surface area (Å²) < 4.78 is 0. The summed E-state index contributed by atoms with van der Waals surface area (Å²) in [6, 6.07) is 17.6. The van der Waals surface area contributed by atoms with Crippen LogP contribution in [-0.2, 0) is 4.79 Å². The summed E-state index contributed by atoms with van der Waals surface area (Å²) in [5, 5.41) is 11.5. The topological polar surface area (TPSA) is 70.0 Å². The first kappa shape index (κ1) is 14.5. The number of hydrogen-bond donors (Lipinski definition) is 1. The van der Waals surface area contributed by atoms with Gasteiger partial charge in [-0.15, -0.1) is 0 Å². The number of ketones is 1. The van der Waals surface area contributed by atoms with Crippen molar-refractivity contribution in [3.8, 4) is 6.07 Å². The van der Waals surface area contributed by atoms with E-state index in [1.165, 1.54) is 0 Å². The molecular weight excluding hydrogens is 264 g/mol. The molecule has 0 aromatic heterocycles. The van der Waals surface area contributed by atoms with Crippen molar-refractivity contribution >= 4 is 17.4 Å². The van der Waals surface area contributed by atoms with Gasteiger partial charge in [0, 0.05) is 24.1 Å².